The highest BCUT2D eigenvalue weighted by Gasteiger charge is 2.37. The van der Waals surface area contributed by atoms with Crippen LogP contribution in [0.25, 0.3) is 0 Å². The molecule has 0 spiro atoms. The summed E-state index contributed by atoms with van der Waals surface area (Å²) in [6.07, 6.45) is -0.467. The van der Waals surface area contributed by atoms with E-state index in [0.29, 0.717) is 0 Å². The predicted molar refractivity (Wildman–Crippen MR) is 66.2 cm³/mol. The Balaban J connectivity index is 2.54. The summed E-state index contributed by atoms with van der Waals surface area (Å²) in [5.41, 5.74) is -0.641. The van der Waals surface area contributed by atoms with E-state index in [9.17, 15) is 10.2 Å². The molecule has 0 amide bonds. The Labute approximate surface area is 99.6 Å². The minimum absolute atomic E-state index is 0.0413. The normalized spacial score (nSPS) is 23.8. The van der Waals surface area contributed by atoms with Gasteiger partial charge in [0.15, 0.2) is 0 Å². The smallest absolute Gasteiger partial charge is 0.101 e. The molecule has 0 bridgehead atoms. The first kappa shape index (κ1) is 13.6. The van der Waals surface area contributed by atoms with Crippen LogP contribution in [0.5, 0.6) is 0 Å². The van der Waals surface area contributed by atoms with Gasteiger partial charge < -0.3 is 15.3 Å². The molecule has 0 aliphatic carbocycles. The molecule has 15 heavy (non-hydrogen) atoms. The molecule has 0 aromatic rings. The number of aliphatic hydroxyl groups excluding tert-OH is 3. The average molecular weight is 252 g/mol. The van der Waals surface area contributed by atoms with Gasteiger partial charge in [0, 0.05) is 5.41 Å². The van der Waals surface area contributed by atoms with E-state index in [4.69, 9.17) is 5.11 Å². The lowest BCUT2D eigenvalue weighted by molar-refractivity contribution is -0.0642. The SMILES string of the molecule is CC(C)(CO)[C@@H](O)[C@H](O)C1SCCCS1. The molecule has 90 valence electrons. The third kappa shape index (κ3) is 3.53. The summed E-state index contributed by atoms with van der Waals surface area (Å²) >= 11 is 3.40. The summed E-state index contributed by atoms with van der Waals surface area (Å²) in [7, 11) is 0. The van der Waals surface area contributed by atoms with Crippen LogP contribution in [-0.2, 0) is 0 Å². The zero-order valence-corrected chi connectivity index (χ0v) is 10.9. The second-order valence-corrected chi connectivity index (χ2v) is 7.34. The molecular formula is C10H20O3S2. The first-order valence-corrected chi connectivity index (χ1v) is 7.29. The van der Waals surface area contributed by atoms with Crippen molar-refractivity contribution < 1.29 is 15.3 Å². The molecule has 1 rings (SSSR count). The summed E-state index contributed by atoms with van der Waals surface area (Å²) in [6.45, 7) is 3.41. The van der Waals surface area contributed by atoms with E-state index in [-0.39, 0.29) is 11.2 Å². The average Bonchev–Trinajstić information content (AvgIpc) is 2.28. The summed E-state index contributed by atoms with van der Waals surface area (Å²) < 4.78 is 0.0413. The molecular weight excluding hydrogens is 232 g/mol. The van der Waals surface area contributed by atoms with Crippen LogP contribution in [0.4, 0.5) is 0 Å². The van der Waals surface area contributed by atoms with Gasteiger partial charge >= 0.3 is 0 Å². The van der Waals surface area contributed by atoms with Crippen molar-refractivity contribution >= 4 is 23.5 Å². The number of aliphatic hydroxyl groups is 3. The summed E-state index contributed by atoms with van der Waals surface area (Å²) in [5, 5.41) is 29.1. The molecule has 5 heteroatoms. The second kappa shape index (κ2) is 5.77. The standard InChI is InChI=1S/C10H20O3S2/c1-10(2,6-11)8(13)7(12)9-14-4-3-5-15-9/h7-9,11-13H,3-6H2,1-2H3/t7-,8-/m0/s1. The van der Waals surface area contributed by atoms with Crippen molar-refractivity contribution in [2.75, 3.05) is 18.1 Å². The maximum atomic E-state index is 10.0. The minimum Gasteiger partial charge on any atom is -0.396 e. The van der Waals surface area contributed by atoms with E-state index < -0.39 is 17.6 Å². The topological polar surface area (TPSA) is 60.7 Å². The van der Waals surface area contributed by atoms with Gasteiger partial charge in [-0.1, -0.05) is 13.8 Å². The molecule has 0 aromatic heterocycles. The molecule has 1 saturated heterocycles. The van der Waals surface area contributed by atoms with E-state index in [1.807, 2.05) is 0 Å². The Morgan fingerprint density at radius 1 is 1.27 bits per heavy atom. The van der Waals surface area contributed by atoms with Gasteiger partial charge in [-0.2, -0.15) is 0 Å². The second-order valence-electron chi connectivity index (χ2n) is 4.55. The Morgan fingerprint density at radius 3 is 2.27 bits per heavy atom. The van der Waals surface area contributed by atoms with Crippen LogP contribution in [0.3, 0.4) is 0 Å². The fourth-order valence-electron chi connectivity index (χ4n) is 1.41. The predicted octanol–water partition coefficient (Wildman–Crippen LogP) is 0.923. The van der Waals surface area contributed by atoms with Crippen LogP contribution >= 0.6 is 23.5 Å². The first-order valence-electron chi connectivity index (χ1n) is 5.19. The van der Waals surface area contributed by atoms with Crippen LogP contribution in [0, 0.1) is 5.41 Å². The van der Waals surface area contributed by atoms with Crippen LogP contribution in [0.2, 0.25) is 0 Å². The van der Waals surface area contributed by atoms with Crippen molar-refractivity contribution in [3.8, 4) is 0 Å². The molecule has 0 aromatic carbocycles. The maximum Gasteiger partial charge on any atom is 0.101 e. The number of rotatable bonds is 4. The highest BCUT2D eigenvalue weighted by atomic mass is 32.2. The van der Waals surface area contributed by atoms with E-state index >= 15 is 0 Å². The van der Waals surface area contributed by atoms with Crippen molar-refractivity contribution in [2.45, 2.75) is 37.1 Å². The summed E-state index contributed by atoms with van der Waals surface area (Å²) in [5.74, 6) is 2.09. The largest absolute Gasteiger partial charge is 0.396 e. The number of thioether (sulfide) groups is 2. The van der Waals surface area contributed by atoms with Crippen molar-refractivity contribution in [3.05, 3.63) is 0 Å². The maximum absolute atomic E-state index is 10.0. The minimum atomic E-state index is -0.870. The van der Waals surface area contributed by atoms with Crippen LogP contribution in [0.1, 0.15) is 20.3 Å². The zero-order valence-electron chi connectivity index (χ0n) is 9.22. The highest BCUT2D eigenvalue weighted by Crippen LogP contribution is 2.36. The molecule has 1 fully saturated rings. The Kier molecular flexibility index (Phi) is 5.25. The molecule has 3 N–H and O–H groups in total. The van der Waals surface area contributed by atoms with Crippen LogP contribution in [0.15, 0.2) is 0 Å². The zero-order chi connectivity index (χ0) is 11.5. The lowest BCUT2D eigenvalue weighted by Gasteiger charge is -2.36. The lowest BCUT2D eigenvalue weighted by Crippen LogP contribution is -2.46. The van der Waals surface area contributed by atoms with Crippen molar-refractivity contribution in [2.24, 2.45) is 5.41 Å². The molecule has 1 aliphatic rings. The van der Waals surface area contributed by atoms with Gasteiger partial charge in [0.05, 0.1) is 17.3 Å². The number of hydrogen-bond acceptors (Lipinski definition) is 5. The molecule has 1 heterocycles. The lowest BCUT2D eigenvalue weighted by atomic mass is 9.85. The van der Waals surface area contributed by atoms with Gasteiger partial charge in [-0.05, 0) is 17.9 Å². The van der Waals surface area contributed by atoms with Crippen LogP contribution in [-0.4, -0.2) is 50.2 Å². The third-order valence-corrected chi connectivity index (χ3v) is 5.74. The van der Waals surface area contributed by atoms with Crippen molar-refractivity contribution in [1.29, 1.82) is 0 Å². The molecule has 3 nitrogen and oxygen atoms in total. The van der Waals surface area contributed by atoms with Crippen molar-refractivity contribution in [1.82, 2.24) is 0 Å². The van der Waals surface area contributed by atoms with E-state index in [2.05, 4.69) is 0 Å². The Morgan fingerprint density at radius 2 is 1.80 bits per heavy atom. The summed E-state index contributed by atoms with van der Waals surface area (Å²) in [4.78, 5) is 0. The van der Waals surface area contributed by atoms with E-state index in [1.165, 1.54) is 0 Å². The first-order chi connectivity index (χ1) is 6.99. The van der Waals surface area contributed by atoms with Gasteiger partial charge in [0.25, 0.3) is 0 Å². The molecule has 0 radical (unpaired) electrons. The monoisotopic (exact) mass is 252 g/mol. The van der Waals surface area contributed by atoms with Gasteiger partial charge in [-0.25, -0.2) is 0 Å². The van der Waals surface area contributed by atoms with E-state index in [0.717, 1.165) is 17.9 Å². The molecule has 0 saturated carbocycles. The molecule has 2 atom stereocenters. The van der Waals surface area contributed by atoms with Crippen molar-refractivity contribution in [3.63, 3.8) is 0 Å². The fraction of sp³-hybridized carbons (Fsp3) is 1.00. The van der Waals surface area contributed by atoms with Gasteiger partial charge in [-0.3, -0.25) is 0 Å². The van der Waals surface area contributed by atoms with Gasteiger partial charge in [0.2, 0.25) is 0 Å². The Bertz CT molecular complexity index is 193. The molecule has 0 unspecified atom stereocenters. The van der Waals surface area contributed by atoms with Gasteiger partial charge in [0.1, 0.15) is 6.10 Å². The fourth-order valence-corrected chi connectivity index (χ4v) is 4.33. The van der Waals surface area contributed by atoms with E-state index in [1.54, 1.807) is 37.4 Å². The quantitative estimate of drug-likeness (QED) is 0.694. The molecule has 1 aliphatic heterocycles. The Hall–Kier alpha value is 0.580. The highest BCUT2D eigenvalue weighted by molar-refractivity contribution is 8.17. The number of hydrogen-bond donors (Lipinski definition) is 3. The summed E-state index contributed by atoms with van der Waals surface area (Å²) in [6, 6.07) is 0. The third-order valence-electron chi connectivity index (χ3n) is 2.66. The van der Waals surface area contributed by atoms with Crippen LogP contribution < -0.4 is 0 Å². The van der Waals surface area contributed by atoms with Gasteiger partial charge in [-0.15, -0.1) is 23.5 Å².